The first-order chi connectivity index (χ1) is 19.3. The number of nitrogens with zero attached hydrogens (tertiary/aromatic N) is 3. The van der Waals surface area contributed by atoms with E-state index < -0.39 is 40.1 Å². The van der Waals surface area contributed by atoms with Crippen LogP contribution in [0.5, 0.6) is 5.06 Å². The van der Waals surface area contributed by atoms with Gasteiger partial charge in [0.1, 0.15) is 17.8 Å². The van der Waals surface area contributed by atoms with Crippen LogP contribution in [0.2, 0.25) is 0 Å². The third kappa shape index (κ3) is 5.41. The number of ether oxygens (including phenoxy) is 1. The number of hydrogen-bond donors (Lipinski definition) is 1. The Morgan fingerprint density at radius 1 is 1.12 bits per heavy atom. The van der Waals surface area contributed by atoms with Crippen molar-refractivity contribution in [2.45, 2.75) is 36.7 Å². The van der Waals surface area contributed by atoms with Gasteiger partial charge in [0, 0.05) is 39.5 Å². The Kier molecular flexibility index (Phi) is 7.44. The molecule has 2 saturated heterocycles. The van der Waals surface area contributed by atoms with E-state index in [1.54, 1.807) is 35.6 Å². The molecule has 0 aliphatic carbocycles. The maximum absolute atomic E-state index is 13.8. The maximum atomic E-state index is 13.8. The quantitative estimate of drug-likeness (QED) is 0.321. The number of aromatic nitrogens is 1. The largest absolute Gasteiger partial charge is 0.414 e. The minimum absolute atomic E-state index is 0.203. The minimum Gasteiger partial charge on any atom is -0.399 e. The molecule has 0 spiro atoms. The zero-order valence-corrected chi connectivity index (χ0v) is 24.2. The fourth-order valence-electron chi connectivity index (χ4n) is 5.22. The van der Waals surface area contributed by atoms with Gasteiger partial charge in [-0.3, -0.25) is 14.6 Å². The molecule has 2 aliphatic rings. The number of Topliss-reactive ketones (excluding diaryl/α,β-unsaturated/α-hetero) is 1. The average molecular weight is 617 g/mol. The summed E-state index contributed by atoms with van der Waals surface area (Å²) in [6.07, 6.45) is 1.30. The number of hydrogen-bond acceptors (Lipinski definition) is 10. The van der Waals surface area contributed by atoms with Crippen molar-refractivity contribution < 1.29 is 27.5 Å². The Hall–Kier alpha value is -3.17. The molecule has 2 aliphatic heterocycles. The number of fused-ring (bicyclic) bond motifs is 2. The molecule has 0 radical (unpaired) electrons. The van der Waals surface area contributed by atoms with Crippen LogP contribution in [-0.4, -0.2) is 71.6 Å². The summed E-state index contributed by atoms with van der Waals surface area (Å²) < 4.78 is 35.2. The van der Waals surface area contributed by atoms with Gasteiger partial charge in [-0.2, -0.15) is 4.31 Å². The highest BCUT2D eigenvalue weighted by Gasteiger charge is 2.54. The van der Waals surface area contributed by atoms with Gasteiger partial charge in [0.2, 0.25) is 15.9 Å². The highest BCUT2D eigenvalue weighted by Crippen LogP contribution is 2.36. The van der Waals surface area contributed by atoms with Crippen LogP contribution in [0.3, 0.4) is 0 Å². The molecule has 0 saturated carbocycles. The van der Waals surface area contributed by atoms with Crippen molar-refractivity contribution in [1.82, 2.24) is 19.5 Å². The second-order valence-electron chi connectivity index (χ2n) is 9.51. The van der Waals surface area contributed by atoms with Crippen molar-refractivity contribution in [2.24, 2.45) is 0 Å². The number of thiophene rings is 3. The number of carbonyl (C=O) groups excluding carboxylic acids is 3. The van der Waals surface area contributed by atoms with Crippen molar-refractivity contribution >= 4 is 71.2 Å². The Balaban J connectivity index is 1.18. The number of carbonyl (C=O) groups is 3. The fourth-order valence-corrected chi connectivity index (χ4v) is 9.59. The summed E-state index contributed by atoms with van der Waals surface area (Å²) in [5.74, 6) is -1.11. The molecular formula is C26H24N4O6S4. The van der Waals surface area contributed by atoms with Crippen molar-refractivity contribution in [3.05, 3.63) is 70.0 Å². The maximum Gasteiger partial charge on any atom is 0.414 e. The van der Waals surface area contributed by atoms with E-state index in [1.165, 1.54) is 38.1 Å². The molecule has 3 atom stereocenters. The van der Waals surface area contributed by atoms with E-state index in [9.17, 15) is 22.8 Å². The summed E-state index contributed by atoms with van der Waals surface area (Å²) in [6.45, 7) is -0.0940. The minimum atomic E-state index is -3.84. The van der Waals surface area contributed by atoms with Gasteiger partial charge in [0.05, 0.1) is 18.3 Å². The molecule has 6 heterocycles. The highest BCUT2D eigenvalue weighted by atomic mass is 32.2. The lowest BCUT2D eigenvalue weighted by atomic mass is 10.1. The Bertz CT molecular complexity index is 1620. The molecule has 1 N–H and O–H groups in total. The predicted molar refractivity (Wildman–Crippen MR) is 153 cm³/mol. The molecule has 4 aromatic rings. The molecule has 2 fully saturated rings. The molecule has 6 rings (SSSR count). The lowest BCUT2D eigenvalue weighted by Gasteiger charge is -2.28. The summed E-state index contributed by atoms with van der Waals surface area (Å²) in [7, 11) is -3.84. The van der Waals surface area contributed by atoms with Gasteiger partial charge in [-0.1, -0.05) is 23.5 Å². The number of amides is 2. The van der Waals surface area contributed by atoms with E-state index in [0.717, 1.165) is 14.3 Å². The normalized spacial score (nSPS) is 20.1. The van der Waals surface area contributed by atoms with E-state index >= 15 is 0 Å². The van der Waals surface area contributed by atoms with Crippen LogP contribution in [0.15, 0.2) is 59.4 Å². The van der Waals surface area contributed by atoms with E-state index in [1.807, 2.05) is 29.0 Å². The Morgan fingerprint density at radius 2 is 2.00 bits per heavy atom. The number of ketones is 1. The standard InChI is InChI=1S/C26H24N4O6S4/c31-20-14-30(40(34,35)15-16-4-1-2-8-27-16)19-6-9-29(24(19)20)25(32)18(12-17-5-3-10-37-17)28-26(33)36-23-13-22-21(39-23)7-11-38-22/h1-5,7-8,10-11,13,18-19,24H,6,9,12,14-15H2,(H,28,33). The Morgan fingerprint density at radius 3 is 2.75 bits per heavy atom. The van der Waals surface area contributed by atoms with Gasteiger partial charge in [0.25, 0.3) is 0 Å². The molecule has 10 nitrogen and oxygen atoms in total. The van der Waals surface area contributed by atoms with E-state index in [0.29, 0.717) is 17.2 Å². The molecule has 0 aromatic carbocycles. The Labute approximate surface area is 242 Å². The van der Waals surface area contributed by atoms with E-state index in [2.05, 4.69) is 10.3 Å². The summed E-state index contributed by atoms with van der Waals surface area (Å²) >= 11 is 4.33. The first-order valence-corrected chi connectivity index (χ1v) is 16.7. The van der Waals surface area contributed by atoms with Gasteiger partial charge >= 0.3 is 6.09 Å². The number of nitrogens with one attached hydrogen (secondary N) is 1. The summed E-state index contributed by atoms with van der Waals surface area (Å²) in [5.41, 5.74) is 0.383. The van der Waals surface area contributed by atoms with Crippen molar-refractivity contribution in [3.8, 4) is 5.06 Å². The molecule has 40 heavy (non-hydrogen) atoms. The van der Waals surface area contributed by atoms with Crippen LogP contribution in [0, 0.1) is 0 Å². The second-order valence-corrected chi connectivity index (χ2v) is 14.5. The first kappa shape index (κ1) is 27.0. The number of likely N-dealkylation sites (tertiary alicyclic amines) is 1. The van der Waals surface area contributed by atoms with Gasteiger partial charge in [-0.15, -0.1) is 22.7 Å². The number of sulfonamides is 1. The topological polar surface area (TPSA) is 126 Å². The van der Waals surface area contributed by atoms with Gasteiger partial charge in [-0.05, 0) is 41.4 Å². The zero-order valence-electron chi connectivity index (χ0n) is 21.0. The monoisotopic (exact) mass is 616 g/mol. The predicted octanol–water partition coefficient (Wildman–Crippen LogP) is 3.50. The number of rotatable bonds is 8. The van der Waals surface area contributed by atoms with Crippen molar-refractivity contribution in [2.75, 3.05) is 13.1 Å². The van der Waals surface area contributed by atoms with Crippen LogP contribution in [0.4, 0.5) is 4.79 Å². The van der Waals surface area contributed by atoms with Gasteiger partial charge in [-0.25, -0.2) is 13.2 Å². The first-order valence-electron chi connectivity index (χ1n) is 12.5. The van der Waals surface area contributed by atoms with Crippen LogP contribution in [0.1, 0.15) is 17.0 Å². The molecule has 3 unspecified atom stereocenters. The SMILES string of the molecule is O=C(NC(Cc1cccs1)C(=O)N1CCC2C1C(=O)CN2S(=O)(=O)Cc1ccccn1)Oc1cc2sccc2s1. The average Bonchev–Trinajstić information content (AvgIpc) is 3.73. The van der Waals surface area contributed by atoms with Gasteiger partial charge in [0.15, 0.2) is 10.8 Å². The van der Waals surface area contributed by atoms with E-state index in [4.69, 9.17) is 4.74 Å². The molecule has 2 amide bonds. The second kappa shape index (κ2) is 11.0. The zero-order chi connectivity index (χ0) is 27.9. The third-order valence-electron chi connectivity index (χ3n) is 6.96. The molecular weight excluding hydrogens is 593 g/mol. The fraction of sp³-hybridized carbons (Fsp3) is 0.308. The van der Waals surface area contributed by atoms with Crippen molar-refractivity contribution in [3.63, 3.8) is 0 Å². The van der Waals surface area contributed by atoms with Crippen LogP contribution >= 0.6 is 34.0 Å². The molecule has 14 heteroatoms. The van der Waals surface area contributed by atoms with Gasteiger partial charge < -0.3 is 15.0 Å². The lowest BCUT2D eigenvalue weighted by Crippen LogP contribution is -2.53. The number of pyridine rings is 1. The molecule has 0 bridgehead atoms. The molecule has 4 aromatic heterocycles. The molecule has 208 valence electrons. The highest BCUT2D eigenvalue weighted by molar-refractivity contribution is 7.88. The summed E-state index contributed by atoms with van der Waals surface area (Å²) in [6, 6.07) is 9.93. The van der Waals surface area contributed by atoms with E-state index in [-0.39, 0.29) is 31.0 Å². The smallest absolute Gasteiger partial charge is 0.399 e. The summed E-state index contributed by atoms with van der Waals surface area (Å²) in [5, 5.41) is 6.95. The van der Waals surface area contributed by atoms with Crippen LogP contribution in [0.25, 0.3) is 9.40 Å². The van der Waals surface area contributed by atoms with Crippen LogP contribution in [-0.2, 0) is 31.8 Å². The lowest BCUT2D eigenvalue weighted by molar-refractivity contribution is -0.138. The van der Waals surface area contributed by atoms with Crippen molar-refractivity contribution in [1.29, 1.82) is 0 Å². The summed E-state index contributed by atoms with van der Waals surface area (Å²) in [4.78, 5) is 46.2. The van der Waals surface area contributed by atoms with Crippen LogP contribution < -0.4 is 10.1 Å². The third-order valence-corrected chi connectivity index (χ3v) is 11.6.